The molecule has 1 saturated heterocycles. The molecule has 1 fully saturated rings. The molecule has 0 aromatic heterocycles. The van der Waals surface area contributed by atoms with Crippen LogP contribution in [0.3, 0.4) is 0 Å². The van der Waals surface area contributed by atoms with Gasteiger partial charge < -0.3 is 44.8 Å². The first-order valence-corrected chi connectivity index (χ1v) is 8.50. The molecule has 0 radical (unpaired) electrons. The van der Waals surface area contributed by atoms with Gasteiger partial charge in [-0.25, -0.2) is 14.4 Å². The fourth-order valence-electron chi connectivity index (χ4n) is 2.27. The number of aliphatic hydroxyl groups is 5. The summed E-state index contributed by atoms with van der Waals surface area (Å²) >= 11 is 0. The van der Waals surface area contributed by atoms with E-state index < -0.39 is 69.0 Å². The minimum absolute atomic E-state index is 0.823. The third kappa shape index (κ3) is 5.41. The molecule has 0 bridgehead atoms. The molecular formula is C11H20NO12P. The molecular weight excluding hydrogens is 369 g/mol. The van der Waals surface area contributed by atoms with Crippen LogP contribution in [0.15, 0.2) is 0 Å². The van der Waals surface area contributed by atoms with Crippen LogP contribution < -0.4 is 5.09 Å². The first-order chi connectivity index (χ1) is 11.3. The summed E-state index contributed by atoms with van der Waals surface area (Å²) in [5.74, 6) is -6.05. The summed E-state index contributed by atoms with van der Waals surface area (Å²) in [6.07, 6.45) is -8.80. The molecule has 1 aliphatic heterocycles. The molecule has 0 amide bonds. The second-order valence-electron chi connectivity index (χ2n) is 5.44. The zero-order valence-electron chi connectivity index (χ0n) is 12.9. The number of nitrogens with one attached hydrogen (secondary N) is 1. The second-order valence-corrected chi connectivity index (χ2v) is 6.92. The Bertz CT molecular complexity index is 557. The van der Waals surface area contributed by atoms with Crippen LogP contribution in [0.25, 0.3) is 0 Å². The van der Waals surface area contributed by atoms with E-state index in [0.29, 0.717) is 0 Å². The lowest BCUT2D eigenvalue weighted by molar-refractivity contribution is -0.294. The van der Waals surface area contributed by atoms with Crippen LogP contribution in [0.1, 0.15) is 13.3 Å². The average Bonchev–Trinajstić information content (AvgIpc) is 2.46. The molecule has 8 N–H and O–H groups in total. The number of hydrogen-bond acceptors (Lipinski definition) is 10. The smallest absolute Gasteiger partial charge is 0.458 e. The maximum absolute atomic E-state index is 11.8. The number of aliphatic carboxylic acids is 1. The van der Waals surface area contributed by atoms with Gasteiger partial charge in [-0.1, -0.05) is 0 Å². The summed E-state index contributed by atoms with van der Waals surface area (Å²) in [7, 11) is -4.86. The van der Waals surface area contributed by atoms with Gasteiger partial charge in [0.1, 0.15) is 18.3 Å². The Morgan fingerprint density at radius 3 is 2.44 bits per heavy atom. The Balaban J connectivity index is 3.16. The van der Waals surface area contributed by atoms with Crippen LogP contribution >= 0.6 is 7.75 Å². The van der Waals surface area contributed by atoms with Crippen LogP contribution in [0.4, 0.5) is 0 Å². The minimum atomic E-state index is -4.86. The maximum atomic E-state index is 11.8. The Morgan fingerprint density at radius 2 is 2.00 bits per heavy atom. The van der Waals surface area contributed by atoms with Crippen molar-refractivity contribution in [3.8, 4) is 0 Å². The van der Waals surface area contributed by atoms with Crippen LogP contribution in [0.5, 0.6) is 0 Å². The van der Waals surface area contributed by atoms with E-state index in [1.54, 1.807) is 5.09 Å². The minimum Gasteiger partial charge on any atom is -0.477 e. The van der Waals surface area contributed by atoms with Crippen LogP contribution in [-0.2, 0) is 23.4 Å². The molecule has 0 spiro atoms. The van der Waals surface area contributed by atoms with Gasteiger partial charge in [-0.15, -0.1) is 0 Å². The first kappa shape index (κ1) is 21.9. The topological polar surface area (TPSA) is 223 Å². The lowest BCUT2D eigenvalue weighted by Crippen LogP contribution is -2.66. The fraction of sp³-hybridized carbons (Fsp3) is 0.818. The number of carboxylic acid groups (broad SMARTS) is 1. The van der Waals surface area contributed by atoms with Gasteiger partial charge in [0.2, 0.25) is 0 Å². The fourth-order valence-corrected chi connectivity index (χ4v) is 3.37. The largest absolute Gasteiger partial charge is 0.477 e. The maximum Gasteiger partial charge on any atom is 0.458 e. The molecule has 13 nitrogen and oxygen atoms in total. The molecule has 0 aromatic carbocycles. The monoisotopic (exact) mass is 389 g/mol. The van der Waals surface area contributed by atoms with Crippen LogP contribution in [0, 0.1) is 0 Å². The normalized spacial score (nSPS) is 34.6. The Morgan fingerprint density at radius 1 is 1.44 bits per heavy atom. The van der Waals surface area contributed by atoms with Gasteiger partial charge in [-0.3, -0.25) is 4.79 Å². The highest BCUT2D eigenvalue weighted by Gasteiger charge is 2.55. The average molecular weight is 389 g/mol. The molecule has 146 valence electrons. The van der Waals surface area contributed by atoms with E-state index in [0.717, 1.165) is 6.92 Å². The standard InChI is InChI=1S/C11H20NO12P/c1-4(14)24-25(21,22)12-7-5(15)2-11(20,10(18)19)23-9(7)8(17)6(16)3-13/h5-9,13,15-17,20H,2-3H2,1H3,(H,18,19)(H2,12,21,22)/t5-,6+,7+,8+,9+,11?/m0/s1. The van der Waals surface area contributed by atoms with Crippen molar-refractivity contribution < 1.29 is 58.9 Å². The van der Waals surface area contributed by atoms with Crippen molar-refractivity contribution in [2.45, 2.75) is 49.6 Å². The summed E-state index contributed by atoms with van der Waals surface area (Å²) in [5, 5.41) is 59.0. The summed E-state index contributed by atoms with van der Waals surface area (Å²) in [6.45, 7) is -0.181. The Hall–Kier alpha value is -1.15. The van der Waals surface area contributed by atoms with Crippen molar-refractivity contribution in [1.82, 2.24) is 5.09 Å². The quantitative estimate of drug-likeness (QED) is 0.196. The Labute approximate surface area is 141 Å². The van der Waals surface area contributed by atoms with Gasteiger partial charge in [0.25, 0.3) is 5.79 Å². The van der Waals surface area contributed by atoms with Crippen LogP contribution in [-0.4, -0.2) is 90.3 Å². The molecule has 7 atom stereocenters. The number of ether oxygens (including phenoxy) is 1. The van der Waals surface area contributed by atoms with E-state index in [9.17, 15) is 39.5 Å². The SMILES string of the molecule is CC(=O)OP(=O)(O)N[C@H]1[C@H]([C@H](O)[C@H](O)CO)OC(O)(C(=O)O)C[C@@H]1O. The second kappa shape index (κ2) is 8.03. The number of carbonyl (C=O) groups excluding carboxylic acids is 1. The molecule has 0 aromatic rings. The van der Waals surface area contributed by atoms with Crippen molar-refractivity contribution in [2.75, 3.05) is 6.61 Å². The van der Waals surface area contributed by atoms with E-state index in [2.05, 4.69) is 4.52 Å². The van der Waals surface area contributed by atoms with Gasteiger partial charge in [-0.2, -0.15) is 0 Å². The first-order valence-electron chi connectivity index (χ1n) is 6.92. The van der Waals surface area contributed by atoms with Crippen molar-refractivity contribution in [3.05, 3.63) is 0 Å². The number of carbonyl (C=O) groups is 2. The number of hydrogen-bond donors (Lipinski definition) is 8. The molecule has 1 rings (SSSR count). The number of aliphatic hydroxyl groups excluding tert-OH is 4. The van der Waals surface area contributed by atoms with E-state index in [4.69, 9.17) is 14.9 Å². The Kier molecular flexibility index (Phi) is 7.03. The summed E-state index contributed by atoms with van der Waals surface area (Å²) < 4.78 is 20.7. The van der Waals surface area contributed by atoms with E-state index in [-0.39, 0.29) is 0 Å². The van der Waals surface area contributed by atoms with Crippen molar-refractivity contribution >= 4 is 19.7 Å². The summed E-state index contributed by atoms with van der Waals surface area (Å²) in [6, 6.07) is -1.74. The van der Waals surface area contributed by atoms with Crippen LogP contribution in [0.2, 0.25) is 0 Å². The van der Waals surface area contributed by atoms with Gasteiger partial charge >= 0.3 is 19.7 Å². The zero-order valence-corrected chi connectivity index (χ0v) is 13.8. The number of carboxylic acids is 1. The molecule has 0 aliphatic carbocycles. The van der Waals surface area contributed by atoms with Gasteiger partial charge in [-0.05, 0) is 0 Å². The van der Waals surface area contributed by atoms with Gasteiger partial charge in [0.15, 0.2) is 0 Å². The lowest BCUT2D eigenvalue weighted by Gasteiger charge is -2.44. The highest BCUT2D eigenvalue weighted by molar-refractivity contribution is 7.51. The summed E-state index contributed by atoms with van der Waals surface area (Å²) in [4.78, 5) is 31.5. The molecule has 1 heterocycles. The van der Waals surface area contributed by atoms with Crippen molar-refractivity contribution in [2.24, 2.45) is 0 Å². The lowest BCUT2D eigenvalue weighted by atomic mass is 9.89. The zero-order chi connectivity index (χ0) is 19.6. The third-order valence-electron chi connectivity index (χ3n) is 3.40. The van der Waals surface area contributed by atoms with E-state index in [1.165, 1.54) is 0 Å². The molecule has 2 unspecified atom stereocenters. The summed E-state index contributed by atoms with van der Waals surface area (Å²) in [5.41, 5.74) is 0. The molecule has 1 aliphatic rings. The van der Waals surface area contributed by atoms with Gasteiger partial charge in [0.05, 0.1) is 18.8 Å². The van der Waals surface area contributed by atoms with E-state index >= 15 is 0 Å². The van der Waals surface area contributed by atoms with E-state index in [1.807, 2.05) is 0 Å². The van der Waals surface area contributed by atoms with Crippen molar-refractivity contribution in [3.63, 3.8) is 0 Å². The molecule has 25 heavy (non-hydrogen) atoms. The van der Waals surface area contributed by atoms with Crippen molar-refractivity contribution in [1.29, 1.82) is 0 Å². The molecule has 14 heteroatoms. The van der Waals surface area contributed by atoms with Gasteiger partial charge in [0, 0.05) is 13.3 Å². The highest BCUT2D eigenvalue weighted by Crippen LogP contribution is 2.41. The predicted molar refractivity (Wildman–Crippen MR) is 75.7 cm³/mol. The molecule has 0 saturated carbocycles. The predicted octanol–water partition coefficient (Wildman–Crippen LogP) is -3.75. The third-order valence-corrected chi connectivity index (χ3v) is 4.53. The highest BCUT2D eigenvalue weighted by atomic mass is 31.2. The number of rotatable bonds is 7.